The van der Waals surface area contributed by atoms with Gasteiger partial charge in [-0.3, -0.25) is 9.48 Å². The minimum absolute atomic E-state index is 0.119. The van der Waals surface area contributed by atoms with E-state index in [9.17, 15) is 4.79 Å². The molecule has 1 aromatic carbocycles. The van der Waals surface area contributed by atoms with Gasteiger partial charge in [0.25, 0.3) is 5.91 Å². The molecule has 1 amide bonds. The molecule has 2 heterocycles. The number of carbonyl (C=O) groups excluding carboxylic acids is 1. The van der Waals surface area contributed by atoms with E-state index in [1.807, 2.05) is 47.3 Å². The number of rotatable bonds is 7. The monoisotopic (exact) mass is 298 g/mol. The second-order valence-electron chi connectivity index (χ2n) is 4.91. The molecule has 0 saturated heterocycles. The van der Waals surface area contributed by atoms with Crippen LogP contribution >= 0.6 is 0 Å². The van der Waals surface area contributed by atoms with E-state index in [4.69, 9.17) is 4.74 Å². The predicted molar refractivity (Wildman–Crippen MR) is 83.7 cm³/mol. The van der Waals surface area contributed by atoms with Crippen LogP contribution in [0.15, 0.2) is 48.8 Å². The van der Waals surface area contributed by atoms with Crippen LogP contribution < -0.4 is 5.32 Å². The zero-order valence-corrected chi connectivity index (χ0v) is 12.2. The van der Waals surface area contributed by atoms with Crippen LogP contribution in [0.5, 0.6) is 0 Å². The second kappa shape index (κ2) is 6.91. The second-order valence-corrected chi connectivity index (χ2v) is 4.91. The van der Waals surface area contributed by atoms with Crippen LogP contribution in [0.4, 0.5) is 0 Å². The van der Waals surface area contributed by atoms with Gasteiger partial charge in [0.1, 0.15) is 5.69 Å². The van der Waals surface area contributed by atoms with Crippen molar-refractivity contribution in [2.45, 2.75) is 6.54 Å². The third-order valence-electron chi connectivity index (χ3n) is 3.33. The summed E-state index contributed by atoms with van der Waals surface area (Å²) in [5, 5.41) is 7.95. The van der Waals surface area contributed by atoms with Crippen LogP contribution in [0, 0.1) is 0 Å². The summed E-state index contributed by atoms with van der Waals surface area (Å²) < 4.78 is 7.28. The maximum Gasteiger partial charge on any atom is 0.267 e. The van der Waals surface area contributed by atoms with Gasteiger partial charge in [-0.1, -0.05) is 18.2 Å². The Kier molecular flexibility index (Phi) is 4.50. The lowest BCUT2D eigenvalue weighted by Crippen LogP contribution is -2.27. The molecule has 2 aromatic heterocycles. The van der Waals surface area contributed by atoms with Crippen molar-refractivity contribution in [1.29, 1.82) is 0 Å². The van der Waals surface area contributed by atoms with Crippen molar-refractivity contribution in [2.75, 3.05) is 19.8 Å². The van der Waals surface area contributed by atoms with Gasteiger partial charge < -0.3 is 15.0 Å². The van der Waals surface area contributed by atoms with E-state index in [1.54, 1.807) is 6.20 Å². The molecule has 114 valence electrons. The van der Waals surface area contributed by atoms with E-state index < -0.39 is 0 Å². The molecular weight excluding hydrogens is 280 g/mol. The number of carbonyl (C=O) groups is 1. The number of fused-ring (bicyclic) bond motifs is 1. The number of benzene rings is 1. The van der Waals surface area contributed by atoms with Crippen LogP contribution in [0.3, 0.4) is 0 Å². The number of nitrogens with one attached hydrogen (secondary N) is 2. The first-order valence-electron chi connectivity index (χ1n) is 7.24. The molecular formula is C16H18N4O2. The lowest BCUT2D eigenvalue weighted by atomic mass is 10.2. The molecule has 0 saturated carbocycles. The molecule has 0 bridgehead atoms. The Morgan fingerprint density at radius 1 is 1.27 bits per heavy atom. The number of nitrogens with zero attached hydrogens (tertiary/aromatic N) is 2. The smallest absolute Gasteiger partial charge is 0.267 e. The highest BCUT2D eigenvalue weighted by Gasteiger charge is 2.08. The van der Waals surface area contributed by atoms with Crippen LogP contribution in [0.1, 0.15) is 10.5 Å². The fourth-order valence-electron chi connectivity index (χ4n) is 2.22. The van der Waals surface area contributed by atoms with Gasteiger partial charge >= 0.3 is 0 Å². The predicted octanol–water partition coefficient (Wildman–Crippen LogP) is 1.81. The molecule has 0 unspecified atom stereocenters. The van der Waals surface area contributed by atoms with Gasteiger partial charge in [0.05, 0.1) is 19.8 Å². The normalized spacial score (nSPS) is 10.9. The van der Waals surface area contributed by atoms with E-state index in [0.717, 1.165) is 10.9 Å². The summed E-state index contributed by atoms with van der Waals surface area (Å²) in [5.74, 6) is -0.119. The summed E-state index contributed by atoms with van der Waals surface area (Å²) in [5.41, 5.74) is 1.53. The van der Waals surface area contributed by atoms with Crippen molar-refractivity contribution < 1.29 is 9.53 Å². The molecule has 2 N–H and O–H groups in total. The third-order valence-corrected chi connectivity index (χ3v) is 3.33. The third kappa shape index (κ3) is 3.53. The van der Waals surface area contributed by atoms with Gasteiger partial charge in [0.2, 0.25) is 0 Å². The summed E-state index contributed by atoms with van der Waals surface area (Å²) in [6, 6.07) is 11.5. The van der Waals surface area contributed by atoms with Gasteiger partial charge in [0, 0.05) is 29.8 Å². The molecule has 0 aliphatic carbocycles. The molecule has 0 spiro atoms. The van der Waals surface area contributed by atoms with Crippen molar-refractivity contribution in [1.82, 2.24) is 20.1 Å². The lowest BCUT2D eigenvalue weighted by Gasteiger charge is -2.06. The summed E-state index contributed by atoms with van der Waals surface area (Å²) >= 11 is 0. The molecule has 0 aliphatic rings. The molecule has 6 nitrogen and oxygen atoms in total. The molecule has 22 heavy (non-hydrogen) atoms. The topological polar surface area (TPSA) is 71.9 Å². The van der Waals surface area contributed by atoms with Gasteiger partial charge in [0.15, 0.2) is 0 Å². The Hall–Kier alpha value is -2.60. The number of hydrogen-bond donors (Lipinski definition) is 2. The van der Waals surface area contributed by atoms with E-state index in [1.165, 1.54) is 0 Å². The van der Waals surface area contributed by atoms with E-state index in [-0.39, 0.29) is 5.91 Å². The molecule has 3 aromatic rings. The number of aromatic amines is 1. The van der Waals surface area contributed by atoms with Gasteiger partial charge in [-0.2, -0.15) is 5.10 Å². The zero-order valence-electron chi connectivity index (χ0n) is 12.2. The standard InChI is InChI=1S/C16H18N4O2/c21-16(15-12-13-4-1-2-5-14(13)19-15)17-7-10-22-11-9-20-8-3-6-18-20/h1-6,8,12,19H,7,9-11H2,(H,17,21). The van der Waals surface area contributed by atoms with Crippen molar-refractivity contribution in [3.8, 4) is 0 Å². The lowest BCUT2D eigenvalue weighted by molar-refractivity contribution is 0.0902. The molecule has 0 radical (unpaired) electrons. The van der Waals surface area contributed by atoms with E-state index in [0.29, 0.717) is 32.0 Å². The molecule has 6 heteroatoms. The summed E-state index contributed by atoms with van der Waals surface area (Å²) in [4.78, 5) is 15.1. The minimum atomic E-state index is -0.119. The highest BCUT2D eigenvalue weighted by molar-refractivity contribution is 5.97. The number of para-hydroxylation sites is 1. The fourth-order valence-corrected chi connectivity index (χ4v) is 2.22. The number of H-pyrrole nitrogens is 1. The first-order chi connectivity index (χ1) is 10.8. The highest BCUT2D eigenvalue weighted by atomic mass is 16.5. The van der Waals surface area contributed by atoms with Crippen molar-refractivity contribution in [3.63, 3.8) is 0 Å². The Bertz CT molecular complexity index is 701. The SMILES string of the molecule is O=C(NCCOCCn1cccn1)c1cc2ccccc2[nH]1. The molecule has 0 aliphatic heterocycles. The first-order valence-corrected chi connectivity index (χ1v) is 7.24. The highest BCUT2D eigenvalue weighted by Crippen LogP contribution is 2.14. The van der Waals surface area contributed by atoms with Crippen LogP contribution in [-0.4, -0.2) is 40.4 Å². The van der Waals surface area contributed by atoms with Crippen LogP contribution in [0.25, 0.3) is 10.9 Å². The maximum atomic E-state index is 12.0. The van der Waals surface area contributed by atoms with E-state index >= 15 is 0 Å². The van der Waals surface area contributed by atoms with E-state index in [2.05, 4.69) is 15.4 Å². The quantitative estimate of drug-likeness (QED) is 0.653. The molecule has 3 rings (SSSR count). The zero-order chi connectivity index (χ0) is 15.2. The van der Waals surface area contributed by atoms with Gasteiger partial charge in [-0.15, -0.1) is 0 Å². The Morgan fingerprint density at radius 2 is 2.18 bits per heavy atom. The van der Waals surface area contributed by atoms with Gasteiger partial charge in [-0.25, -0.2) is 0 Å². The number of amides is 1. The summed E-state index contributed by atoms with van der Waals surface area (Å²) in [6.45, 7) is 2.24. The average molecular weight is 298 g/mol. The number of aromatic nitrogens is 3. The van der Waals surface area contributed by atoms with Crippen molar-refractivity contribution >= 4 is 16.8 Å². The number of hydrogen-bond acceptors (Lipinski definition) is 3. The Balaban J connectivity index is 1.38. The fraction of sp³-hybridized carbons (Fsp3) is 0.250. The Morgan fingerprint density at radius 3 is 3.00 bits per heavy atom. The molecule has 0 atom stereocenters. The number of ether oxygens (including phenoxy) is 1. The summed E-state index contributed by atoms with van der Waals surface area (Å²) in [7, 11) is 0. The first kappa shape index (κ1) is 14.3. The van der Waals surface area contributed by atoms with Crippen molar-refractivity contribution in [3.05, 3.63) is 54.5 Å². The molecule has 0 fully saturated rings. The average Bonchev–Trinajstić information content (AvgIpc) is 3.19. The van der Waals surface area contributed by atoms with Gasteiger partial charge in [-0.05, 0) is 18.2 Å². The largest absolute Gasteiger partial charge is 0.378 e. The minimum Gasteiger partial charge on any atom is -0.378 e. The Labute approximate surface area is 128 Å². The van der Waals surface area contributed by atoms with Crippen LogP contribution in [0.2, 0.25) is 0 Å². The summed E-state index contributed by atoms with van der Waals surface area (Å²) in [6.07, 6.45) is 3.63. The van der Waals surface area contributed by atoms with Crippen molar-refractivity contribution in [2.24, 2.45) is 0 Å². The maximum absolute atomic E-state index is 12.0. The van der Waals surface area contributed by atoms with Crippen LogP contribution in [-0.2, 0) is 11.3 Å².